The van der Waals surface area contributed by atoms with E-state index in [0.29, 0.717) is 58.6 Å². The molecule has 3 atom stereocenters. The van der Waals surface area contributed by atoms with Crippen LogP contribution in [-0.4, -0.2) is 166 Å². The maximum absolute atomic E-state index is 13.6. The van der Waals surface area contributed by atoms with E-state index in [2.05, 4.69) is 28.5 Å². The highest BCUT2D eigenvalue weighted by Gasteiger charge is 2.33. The molecule has 2 aliphatic rings. The maximum Gasteiger partial charge on any atom is 0.416 e. The number of para-hydroxylation sites is 1. The standard InChI is InChI=1S/C40H63F3N4O8S.C2H6/c1-39(2,54-30-44(3)55-29-34(51-7)28-53-27-33(50-6)26-52-25-32(49-5)24-48-4)15-18-46-21-19-45(20-22-46)16-10-17-47-35-11-8-9-12-37(35)56-38-14-13-31(23-36(38)47)40(41,42)43;1-2/h8-9,11-14,23,32-34H,10,15-22,24-30H2,1-7H3;1-2H3. The van der Waals surface area contributed by atoms with E-state index >= 15 is 0 Å². The van der Waals surface area contributed by atoms with Crippen molar-refractivity contribution in [2.45, 2.75) is 80.4 Å². The first-order valence-corrected chi connectivity index (χ1v) is 21.1. The lowest BCUT2D eigenvalue weighted by molar-refractivity contribution is -0.232. The van der Waals surface area contributed by atoms with Gasteiger partial charge in [0.15, 0.2) is 0 Å². The van der Waals surface area contributed by atoms with Crippen molar-refractivity contribution in [3.8, 4) is 0 Å². The van der Waals surface area contributed by atoms with Crippen molar-refractivity contribution in [3.63, 3.8) is 0 Å². The maximum atomic E-state index is 13.6. The number of ether oxygens (including phenoxy) is 7. The van der Waals surface area contributed by atoms with Crippen LogP contribution in [0.1, 0.15) is 46.1 Å². The van der Waals surface area contributed by atoms with Crippen LogP contribution in [0, 0.1) is 0 Å². The molecule has 0 radical (unpaired) electrons. The van der Waals surface area contributed by atoms with Gasteiger partial charge in [-0.2, -0.15) is 18.2 Å². The summed E-state index contributed by atoms with van der Waals surface area (Å²) in [6.45, 7) is 17.0. The summed E-state index contributed by atoms with van der Waals surface area (Å²) in [6, 6.07) is 12.0. The third-order valence-electron chi connectivity index (χ3n) is 9.99. The first kappa shape index (κ1) is 50.3. The number of hydrogen-bond acceptors (Lipinski definition) is 13. The van der Waals surface area contributed by atoms with Crippen LogP contribution in [0.25, 0.3) is 0 Å². The topological polar surface area (TPSA) is 86.8 Å². The molecule has 3 unspecified atom stereocenters. The van der Waals surface area contributed by atoms with Crippen LogP contribution in [0.3, 0.4) is 0 Å². The summed E-state index contributed by atoms with van der Waals surface area (Å²) in [5.41, 5.74) is 0.626. The molecule has 0 spiro atoms. The molecule has 0 saturated carbocycles. The highest BCUT2D eigenvalue weighted by Crippen LogP contribution is 2.49. The average Bonchev–Trinajstić information content (AvgIpc) is 3.22. The van der Waals surface area contributed by atoms with Crippen LogP contribution in [0.5, 0.6) is 0 Å². The highest BCUT2D eigenvalue weighted by atomic mass is 32.2. The number of nitrogens with zero attached hydrogens (tertiary/aromatic N) is 4. The second-order valence-corrected chi connectivity index (χ2v) is 15.8. The molecule has 2 aromatic carbocycles. The quantitative estimate of drug-likeness (QED) is 0.0716. The van der Waals surface area contributed by atoms with Gasteiger partial charge < -0.3 is 47.9 Å². The molecular weight excluding hydrogens is 778 g/mol. The average molecular weight is 847 g/mol. The van der Waals surface area contributed by atoms with E-state index in [-0.39, 0.29) is 23.9 Å². The van der Waals surface area contributed by atoms with E-state index < -0.39 is 11.7 Å². The minimum absolute atomic E-state index is 0.136. The molecule has 0 aliphatic carbocycles. The minimum atomic E-state index is -4.38. The Bertz CT molecular complexity index is 1420. The Morgan fingerprint density at radius 1 is 0.707 bits per heavy atom. The molecule has 0 aromatic heterocycles. The molecular formula is C42H69F3N4O8S. The number of halogens is 3. The lowest BCUT2D eigenvalue weighted by atomic mass is 10.0. The van der Waals surface area contributed by atoms with Gasteiger partial charge in [-0.3, -0.25) is 4.84 Å². The monoisotopic (exact) mass is 846 g/mol. The van der Waals surface area contributed by atoms with Gasteiger partial charge >= 0.3 is 6.18 Å². The molecule has 0 N–H and O–H groups in total. The van der Waals surface area contributed by atoms with Gasteiger partial charge in [-0.1, -0.05) is 37.7 Å². The van der Waals surface area contributed by atoms with Gasteiger partial charge in [-0.05, 0) is 63.6 Å². The van der Waals surface area contributed by atoms with Gasteiger partial charge in [-0.25, -0.2) is 0 Å². The van der Waals surface area contributed by atoms with Crippen LogP contribution in [-0.2, 0) is 44.2 Å². The number of alkyl halides is 3. The number of anilines is 2. The number of piperazine rings is 1. The van der Waals surface area contributed by atoms with Crippen molar-refractivity contribution >= 4 is 23.1 Å². The van der Waals surface area contributed by atoms with Gasteiger partial charge in [0.25, 0.3) is 0 Å². The molecule has 2 aromatic rings. The molecule has 4 rings (SSSR count). The number of hydroxylamine groups is 2. The van der Waals surface area contributed by atoms with Crippen molar-refractivity contribution in [3.05, 3.63) is 48.0 Å². The Hall–Kier alpha value is -2.06. The molecule has 1 fully saturated rings. The summed E-state index contributed by atoms with van der Waals surface area (Å²) >= 11 is 1.53. The van der Waals surface area contributed by atoms with Crippen molar-refractivity contribution in [1.29, 1.82) is 0 Å². The number of methoxy groups -OCH3 is 4. The smallest absolute Gasteiger partial charge is 0.382 e. The van der Waals surface area contributed by atoms with Crippen LogP contribution in [0.15, 0.2) is 52.3 Å². The minimum Gasteiger partial charge on any atom is -0.382 e. The van der Waals surface area contributed by atoms with E-state index in [4.69, 9.17) is 38.0 Å². The SMILES string of the molecule is CC.COCC(COCC(COCC(CON(C)COC(C)(C)CCN1CCN(CCCN2c3ccccc3Sc3ccc(C(F)(F)F)cc32)CC1)OC)OC)OC. The van der Waals surface area contributed by atoms with E-state index in [1.54, 1.807) is 39.6 Å². The number of rotatable bonds is 26. The summed E-state index contributed by atoms with van der Waals surface area (Å²) in [4.78, 5) is 14.8. The predicted octanol–water partition coefficient (Wildman–Crippen LogP) is 7.07. The van der Waals surface area contributed by atoms with Gasteiger partial charge in [0, 0.05) is 84.5 Å². The predicted molar refractivity (Wildman–Crippen MR) is 222 cm³/mol. The zero-order valence-electron chi connectivity index (χ0n) is 36.2. The fourth-order valence-corrected chi connectivity index (χ4v) is 7.42. The first-order valence-electron chi connectivity index (χ1n) is 20.3. The third-order valence-corrected chi connectivity index (χ3v) is 11.1. The van der Waals surface area contributed by atoms with Crippen LogP contribution in [0.4, 0.5) is 24.5 Å². The summed E-state index contributed by atoms with van der Waals surface area (Å²) in [5.74, 6) is 0. The lowest BCUT2D eigenvalue weighted by Crippen LogP contribution is -2.48. The molecule has 0 bridgehead atoms. The van der Waals surface area contributed by atoms with Crippen LogP contribution >= 0.6 is 11.8 Å². The van der Waals surface area contributed by atoms with E-state index in [0.717, 1.165) is 67.6 Å². The Morgan fingerprint density at radius 3 is 1.84 bits per heavy atom. The second-order valence-electron chi connectivity index (χ2n) is 14.7. The highest BCUT2D eigenvalue weighted by molar-refractivity contribution is 7.99. The van der Waals surface area contributed by atoms with Gasteiger partial charge in [-0.15, -0.1) is 0 Å². The third kappa shape index (κ3) is 17.1. The largest absolute Gasteiger partial charge is 0.416 e. The van der Waals surface area contributed by atoms with E-state index in [1.165, 1.54) is 23.9 Å². The summed E-state index contributed by atoms with van der Waals surface area (Å²) in [7, 11) is 8.33. The lowest BCUT2D eigenvalue weighted by Gasteiger charge is -2.37. The zero-order chi connectivity index (χ0) is 42.6. The van der Waals surface area contributed by atoms with Gasteiger partial charge in [0.05, 0.1) is 62.2 Å². The Morgan fingerprint density at radius 2 is 1.26 bits per heavy atom. The summed E-state index contributed by atoms with van der Waals surface area (Å²) in [6.07, 6.45) is -3.31. The van der Waals surface area contributed by atoms with Crippen molar-refractivity contribution < 1.29 is 51.2 Å². The summed E-state index contributed by atoms with van der Waals surface area (Å²) < 4.78 is 80.1. The molecule has 2 aliphatic heterocycles. The normalized spacial score (nSPS) is 16.7. The van der Waals surface area contributed by atoms with Crippen molar-refractivity contribution in [1.82, 2.24) is 14.9 Å². The fraction of sp³-hybridized carbons (Fsp3) is 0.714. The molecule has 12 nitrogen and oxygen atoms in total. The van der Waals surface area contributed by atoms with Gasteiger partial charge in [0.1, 0.15) is 25.0 Å². The van der Waals surface area contributed by atoms with E-state index in [1.807, 2.05) is 45.2 Å². The molecule has 0 amide bonds. The Kier molecular flexibility index (Phi) is 22.8. The first-order chi connectivity index (χ1) is 27.8. The molecule has 16 heteroatoms. The Labute approximate surface area is 349 Å². The zero-order valence-corrected chi connectivity index (χ0v) is 37.0. The fourth-order valence-electron chi connectivity index (χ4n) is 6.35. The van der Waals surface area contributed by atoms with Crippen molar-refractivity contribution in [2.24, 2.45) is 0 Å². The number of benzene rings is 2. The molecule has 332 valence electrons. The summed E-state index contributed by atoms with van der Waals surface area (Å²) in [5, 5.41) is 1.67. The Balaban J connectivity index is 0.00000443. The number of fused-ring (bicyclic) bond motifs is 2. The van der Waals surface area contributed by atoms with Crippen LogP contribution < -0.4 is 4.90 Å². The van der Waals surface area contributed by atoms with E-state index in [9.17, 15) is 13.2 Å². The van der Waals surface area contributed by atoms with Crippen LogP contribution in [0.2, 0.25) is 0 Å². The second kappa shape index (κ2) is 26.3. The molecule has 2 heterocycles. The van der Waals surface area contributed by atoms with Crippen molar-refractivity contribution in [2.75, 3.05) is 133 Å². The number of hydrogen-bond donors (Lipinski definition) is 0. The van der Waals surface area contributed by atoms with Gasteiger partial charge in [0.2, 0.25) is 0 Å². The molecule has 1 saturated heterocycles. The molecule has 58 heavy (non-hydrogen) atoms.